The molecule has 2 aliphatic rings. The molecule has 0 aromatic carbocycles. The van der Waals surface area contributed by atoms with Gasteiger partial charge in [-0.15, -0.1) is 0 Å². The molecule has 1 unspecified atom stereocenters. The Hall–Kier alpha value is -1.70. The Morgan fingerprint density at radius 1 is 1.28 bits per heavy atom. The summed E-state index contributed by atoms with van der Waals surface area (Å²) in [7, 11) is -2.98. The van der Waals surface area contributed by atoms with Gasteiger partial charge >= 0.3 is 0 Å². The first-order chi connectivity index (χ1) is 12.0. The number of nitrogens with zero attached hydrogens (tertiary/aromatic N) is 3. The van der Waals surface area contributed by atoms with Crippen molar-refractivity contribution in [2.24, 2.45) is 0 Å². The van der Waals surface area contributed by atoms with Gasteiger partial charge in [-0.25, -0.2) is 18.4 Å². The third-order valence-corrected chi connectivity index (χ3v) is 6.81. The number of nitrogens with one attached hydrogen (secondary N) is 1. The van der Waals surface area contributed by atoms with Gasteiger partial charge in [-0.2, -0.15) is 0 Å². The molecule has 1 amide bonds. The van der Waals surface area contributed by atoms with E-state index in [-0.39, 0.29) is 29.5 Å². The Balaban J connectivity index is 1.72. The number of hydrogen-bond donors (Lipinski definition) is 1. The van der Waals surface area contributed by atoms with Crippen LogP contribution in [-0.2, 0) is 9.84 Å². The number of carbonyl (C=O) groups excluding carboxylic acids is 1. The van der Waals surface area contributed by atoms with Crippen molar-refractivity contribution in [3.63, 3.8) is 0 Å². The van der Waals surface area contributed by atoms with E-state index in [2.05, 4.69) is 15.3 Å². The summed E-state index contributed by atoms with van der Waals surface area (Å²) < 4.78 is 23.5. The summed E-state index contributed by atoms with van der Waals surface area (Å²) in [5, 5.41) is 3.06. The van der Waals surface area contributed by atoms with Crippen LogP contribution >= 0.6 is 0 Å². The number of amides is 1. The average molecular weight is 366 g/mol. The van der Waals surface area contributed by atoms with E-state index in [1.165, 1.54) is 6.42 Å². The molecule has 1 aliphatic heterocycles. The molecule has 0 spiro atoms. The van der Waals surface area contributed by atoms with Crippen molar-refractivity contribution in [2.45, 2.75) is 57.5 Å². The minimum atomic E-state index is -2.98. The molecule has 0 radical (unpaired) electrons. The van der Waals surface area contributed by atoms with Gasteiger partial charge in [0.1, 0.15) is 5.69 Å². The first-order valence-electron chi connectivity index (χ1n) is 9.09. The Labute approximate surface area is 149 Å². The molecule has 1 aromatic rings. The number of carbonyl (C=O) groups is 1. The van der Waals surface area contributed by atoms with Crippen LogP contribution in [0.5, 0.6) is 0 Å². The molecule has 0 bridgehead atoms. The van der Waals surface area contributed by atoms with E-state index in [1.54, 1.807) is 12.3 Å². The SMILES string of the molecule is CCN(c1nccc(C(=O)NC2CCCCC2)n1)C1CCS(=O)(=O)C1. The highest BCUT2D eigenvalue weighted by molar-refractivity contribution is 7.91. The van der Waals surface area contributed by atoms with Crippen LogP contribution in [0, 0.1) is 0 Å². The lowest BCUT2D eigenvalue weighted by molar-refractivity contribution is 0.0922. The fraction of sp³-hybridized carbons (Fsp3) is 0.706. The summed E-state index contributed by atoms with van der Waals surface area (Å²) in [6.07, 6.45) is 7.73. The predicted molar refractivity (Wildman–Crippen MR) is 96.5 cm³/mol. The summed E-state index contributed by atoms with van der Waals surface area (Å²) in [5.74, 6) is 0.588. The van der Waals surface area contributed by atoms with Crippen LogP contribution in [0.25, 0.3) is 0 Å². The van der Waals surface area contributed by atoms with Gasteiger partial charge in [0.05, 0.1) is 11.5 Å². The molecule has 25 heavy (non-hydrogen) atoms. The molecule has 138 valence electrons. The highest BCUT2D eigenvalue weighted by Gasteiger charge is 2.33. The molecular formula is C17H26N4O3S. The van der Waals surface area contributed by atoms with Crippen molar-refractivity contribution in [2.75, 3.05) is 23.0 Å². The van der Waals surface area contributed by atoms with E-state index in [0.717, 1.165) is 25.7 Å². The Kier molecular flexibility index (Phi) is 5.56. The van der Waals surface area contributed by atoms with Crippen molar-refractivity contribution < 1.29 is 13.2 Å². The van der Waals surface area contributed by atoms with Gasteiger partial charge in [0.2, 0.25) is 5.95 Å². The molecule has 8 heteroatoms. The topological polar surface area (TPSA) is 92.3 Å². The molecule has 1 N–H and O–H groups in total. The molecular weight excluding hydrogens is 340 g/mol. The second kappa shape index (κ2) is 7.68. The van der Waals surface area contributed by atoms with Crippen LogP contribution in [0.2, 0.25) is 0 Å². The molecule has 1 aromatic heterocycles. The van der Waals surface area contributed by atoms with Gasteiger partial charge in [-0.1, -0.05) is 19.3 Å². The number of aromatic nitrogens is 2. The molecule has 1 atom stereocenters. The standard InChI is InChI=1S/C17H26N4O3S/c1-2-21(14-9-11-25(23,24)12-14)17-18-10-8-15(20-17)16(22)19-13-6-4-3-5-7-13/h8,10,13-14H,2-7,9,11-12H2,1H3,(H,19,22). The van der Waals surface area contributed by atoms with Crippen molar-refractivity contribution in [1.29, 1.82) is 0 Å². The summed E-state index contributed by atoms with van der Waals surface area (Å²) in [4.78, 5) is 23.1. The van der Waals surface area contributed by atoms with Crippen LogP contribution in [0.3, 0.4) is 0 Å². The van der Waals surface area contributed by atoms with E-state index in [0.29, 0.717) is 24.6 Å². The van der Waals surface area contributed by atoms with Crippen LogP contribution in [0.1, 0.15) is 55.9 Å². The van der Waals surface area contributed by atoms with E-state index in [1.807, 2.05) is 11.8 Å². The molecule has 1 saturated heterocycles. The summed E-state index contributed by atoms with van der Waals surface area (Å²) in [6, 6.07) is 1.72. The van der Waals surface area contributed by atoms with Gasteiger partial charge in [0.25, 0.3) is 5.91 Å². The second-order valence-electron chi connectivity index (χ2n) is 6.89. The van der Waals surface area contributed by atoms with Crippen LogP contribution in [0.15, 0.2) is 12.3 Å². The van der Waals surface area contributed by atoms with E-state index in [9.17, 15) is 13.2 Å². The van der Waals surface area contributed by atoms with Crippen molar-refractivity contribution in [1.82, 2.24) is 15.3 Å². The lowest BCUT2D eigenvalue weighted by Crippen LogP contribution is -2.39. The van der Waals surface area contributed by atoms with E-state index >= 15 is 0 Å². The smallest absolute Gasteiger partial charge is 0.270 e. The van der Waals surface area contributed by atoms with Gasteiger partial charge < -0.3 is 10.2 Å². The number of sulfone groups is 1. The lowest BCUT2D eigenvalue weighted by atomic mass is 9.95. The number of anilines is 1. The second-order valence-corrected chi connectivity index (χ2v) is 9.12. The van der Waals surface area contributed by atoms with Crippen molar-refractivity contribution in [3.8, 4) is 0 Å². The zero-order valence-electron chi connectivity index (χ0n) is 14.6. The Morgan fingerprint density at radius 2 is 2.04 bits per heavy atom. The van der Waals surface area contributed by atoms with Gasteiger partial charge in [0.15, 0.2) is 9.84 Å². The fourth-order valence-corrected chi connectivity index (χ4v) is 5.43. The maximum Gasteiger partial charge on any atom is 0.270 e. The lowest BCUT2D eigenvalue weighted by Gasteiger charge is -2.27. The van der Waals surface area contributed by atoms with Gasteiger partial charge in [0, 0.05) is 24.8 Å². The maximum atomic E-state index is 12.5. The fourth-order valence-electron chi connectivity index (χ4n) is 3.70. The molecule has 2 fully saturated rings. The van der Waals surface area contributed by atoms with Crippen molar-refractivity contribution >= 4 is 21.7 Å². The zero-order chi connectivity index (χ0) is 17.9. The van der Waals surface area contributed by atoms with Gasteiger partial charge in [-0.05, 0) is 32.3 Å². The largest absolute Gasteiger partial charge is 0.348 e. The van der Waals surface area contributed by atoms with Crippen molar-refractivity contribution in [3.05, 3.63) is 18.0 Å². The molecule has 7 nitrogen and oxygen atoms in total. The van der Waals surface area contributed by atoms with Crippen LogP contribution in [0.4, 0.5) is 5.95 Å². The first kappa shape index (κ1) is 18.1. The normalized spacial score (nSPS) is 23.3. The zero-order valence-corrected chi connectivity index (χ0v) is 15.5. The third kappa shape index (κ3) is 4.48. The average Bonchev–Trinajstić information content (AvgIpc) is 2.96. The Bertz CT molecular complexity index is 716. The third-order valence-electron chi connectivity index (χ3n) is 5.06. The molecule has 2 heterocycles. The number of rotatable bonds is 5. The summed E-state index contributed by atoms with van der Waals surface area (Å²) in [6.45, 7) is 2.55. The minimum absolute atomic E-state index is 0.119. The van der Waals surface area contributed by atoms with E-state index < -0.39 is 9.84 Å². The summed E-state index contributed by atoms with van der Waals surface area (Å²) >= 11 is 0. The predicted octanol–water partition coefficient (Wildman–Crippen LogP) is 1.55. The van der Waals surface area contributed by atoms with Gasteiger partial charge in [-0.3, -0.25) is 4.79 Å². The van der Waals surface area contributed by atoms with E-state index in [4.69, 9.17) is 0 Å². The highest BCUT2D eigenvalue weighted by atomic mass is 32.2. The molecule has 3 rings (SSSR count). The van der Waals surface area contributed by atoms with Crippen LogP contribution in [-0.4, -0.2) is 54.4 Å². The molecule has 1 aliphatic carbocycles. The summed E-state index contributed by atoms with van der Waals surface area (Å²) in [5.41, 5.74) is 0.342. The van der Waals surface area contributed by atoms with Crippen LogP contribution < -0.4 is 10.2 Å². The Morgan fingerprint density at radius 3 is 2.68 bits per heavy atom. The monoisotopic (exact) mass is 366 g/mol. The highest BCUT2D eigenvalue weighted by Crippen LogP contribution is 2.22. The molecule has 1 saturated carbocycles. The first-order valence-corrected chi connectivity index (χ1v) is 10.9. The maximum absolute atomic E-state index is 12.5. The quantitative estimate of drug-likeness (QED) is 0.850. The minimum Gasteiger partial charge on any atom is -0.348 e. The number of hydrogen-bond acceptors (Lipinski definition) is 6.